The van der Waals surface area contributed by atoms with Crippen molar-refractivity contribution in [1.29, 1.82) is 0 Å². The molecule has 0 saturated heterocycles. The van der Waals surface area contributed by atoms with Gasteiger partial charge in [-0.2, -0.15) is 0 Å². The summed E-state index contributed by atoms with van der Waals surface area (Å²) in [5.41, 5.74) is 1.03. The molecule has 0 saturated carbocycles. The summed E-state index contributed by atoms with van der Waals surface area (Å²) in [6.07, 6.45) is 2.03. The Labute approximate surface area is 96.1 Å². The molecule has 1 aromatic rings. The van der Waals surface area contributed by atoms with Gasteiger partial charge in [-0.15, -0.1) is 0 Å². The second-order valence-corrected chi connectivity index (χ2v) is 4.10. The first kappa shape index (κ1) is 12.1. The fraction of sp³-hybridized carbons (Fsp3) is 0.333. The lowest BCUT2D eigenvalue weighted by Crippen LogP contribution is -3.05. The van der Waals surface area contributed by atoms with Gasteiger partial charge >= 0.3 is 0 Å². The highest BCUT2D eigenvalue weighted by molar-refractivity contribution is 6.48. The third kappa shape index (κ3) is 3.94. The van der Waals surface area contributed by atoms with Crippen LogP contribution in [0.2, 0.25) is 0 Å². The first-order chi connectivity index (χ1) is 7.13. The Bertz CT molecular complexity index is 330. The lowest BCUT2D eigenvalue weighted by atomic mass is 10.2. The molecule has 0 unspecified atom stereocenters. The van der Waals surface area contributed by atoms with E-state index in [1.807, 2.05) is 30.3 Å². The van der Waals surface area contributed by atoms with E-state index in [2.05, 4.69) is 14.1 Å². The van der Waals surface area contributed by atoms with Gasteiger partial charge in [-0.25, -0.2) is 0 Å². The number of ether oxygens (including phenoxy) is 1. The van der Waals surface area contributed by atoms with E-state index in [4.69, 9.17) is 16.3 Å². The number of nitrogens with one attached hydrogen (secondary N) is 1. The van der Waals surface area contributed by atoms with Gasteiger partial charge in [-0.3, -0.25) is 0 Å². The van der Waals surface area contributed by atoms with Gasteiger partial charge in [0.05, 0.1) is 27.7 Å². The van der Waals surface area contributed by atoms with Gasteiger partial charge in [0, 0.05) is 5.03 Å². The molecule has 0 fully saturated rings. The van der Waals surface area contributed by atoms with Gasteiger partial charge in [-0.1, -0.05) is 11.6 Å². The number of rotatable bonds is 4. The molecule has 0 spiro atoms. The maximum Gasteiger partial charge on any atom is 0.118 e. The number of methoxy groups -OCH3 is 1. The standard InChI is InChI=1S/C12H16ClNO/c1-14(2)9-8-12(13)10-4-6-11(15-3)7-5-10/h4-8H,9H2,1-3H3/p+1/b12-8-. The van der Waals surface area contributed by atoms with Crippen LogP contribution in [0.5, 0.6) is 5.75 Å². The fourth-order valence-corrected chi connectivity index (χ4v) is 1.36. The predicted molar refractivity (Wildman–Crippen MR) is 64.5 cm³/mol. The highest BCUT2D eigenvalue weighted by Gasteiger charge is 1.99. The van der Waals surface area contributed by atoms with Gasteiger partial charge < -0.3 is 9.64 Å². The van der Waals surface area contributed by atoms with Crippen LogP contribution in [0.25, 0.3) is 5.03 Å². The first-order valence-electron chi connectivity index (χ1n) is 4.92. The van der Waals surface area contributed by atoms with Crippen molar-refractivity contribution < 1.29 is 9.64 Å². The highest BCUT2D eigenvalue weighted by atomic mass is 35.5. The molecule has 82 valence electrons. The largest absolute Gasteiger partial charge is 0.497 e. The molecule has 0 bridgehead atoms. The molecule has 0 amide bonds. The van der Waals surface area contributed by atoms with Crippen molar-refractivity contribution in [3.8, 4) is 5.75 Å². The second kappa shape index (κ2) is 5.79. The number of hydrogen-bond acceptors (Lipinski definition) is 1. The minimum absolute atomic E-state index is 0.791. The Morgan fingerprint density at radius 2 is 1.93 bits per heavy atom. The molecular weight excluding hydrogens is 210 g/mol. The summed E-state index contributed by atoms with van der Waals surface area (Å²) >= 11 is 6.15. The summed E-state index contributed by atoms with van der Waals surface area (Å²) in [6.45, 7) is 0.921. The summed E-state index contributed by atoms with van der Waals surface area (Å²) in [6, 6.07) is 7.74. The van der Waals surface area contributed by atoms with Crippen LogP contribution >= 0.6 is 11.6 Å². The number of benzene rings is 1. The maximum atomic E-state index is 6.15. The lowest BCUT2D eigenvalue weighted by Gasteiger charge is -2.05. The number of halogens is 1. The molecule has 2 nitrogen and oxygen atoms in total. The molecule has 0 aliphatic carbocycles. The van der Waals surface area contributed by atoms with Gasteiger partial charge in [0.2, 0.25) is 0 Å². The van der Waals surface area contributed by atoms with E-state index >= 15 is 0 Å². The lowest BCUT2D eigenvalue weighted by molar-refractivity contribution is -0.851. The van der Waals surface area contributed by atoms with Gasteiger partial charge in [-0.05, 0) is 35.9 Å². The van der Waals surface area contributed by atoms with Crippen molar-refractivity contribution >= 4 is 16.6 Å². The van der Waals surface area contributed by atoms with E-state index in [1.54, 1.807) is 7.11 Å². The van der Waals surface area contributed by atoms with Crippen molar-refractivity contribution in [2.24, 2.45) is 0 Å². The predicted octanol–water partition coefficient (Wildman–Crippen LogP) is 1.42. The average Bonchev–Trinajstić information content (AvgIpc) is 2.26. The van der Waals surface area contributed by atoms with E-state index < -0.39 is 0 Å². The van der Waals surface area contributed by atoms with Gasteiger partial charge in [0.1, 0.15) is 5.75 Å². The summed E-state index contributed by atoms with van der Waals surface area (Å²) < 4.78 is 5.08. The van der Waals surface area contributed by atoms with Crippen LogP contribution in [0.15, 0.2) is 30.3 Å². The monoisotopic (exact) mass is 226 g/mol. The number of quaternary nitrogens is 1. The van der Waals surface area contributed by atoms with Crippen molar-refractivity contribution in [3.05, 3.63) is 35.9 Å². The minimum Gasteiger partial charge on any atom is -0.497 e. The molecule has 0 radical (unpaired) electrons. The molecule has 0 aliphatic rings. The Balaban J connectivity index is 2.73. The summed E-state index contributed by atoms with van der Waals surface area (Å²) in [5, 5.41) is 0.791. The van der Waals surface area contributed by atoms with Crippen molar-refractivity contribution in [2.45, 2.75) is 0 Å². The highest BCUT2D eigenvalue weighted by Crippen LogP contribution is 2.20. The van der Waals surface area contributed by atoms with E-state index in [1.165, 1.54) is 4.90 Å². The molecule has 1 rings (SSSR count). The smallest absolute Gasteiger partial charge is 0.118 e. The third-order valence-electron chi connectivity index (χ3n) is 2.06. The van der Waals surface area contributed by atoms with Crippen molar-refractivity contribution in [3.63, 3.8) is 0 Å². The van der Waals surface area contributed by atoms with Gasteiger partial charge in [0.15, 0.2) is 0 Å². The normalized spacial score (nSPS) is 11.9. The van der Waals surface area contributed by atoms with Crippen LogP contribution in [-0.4, -0.2) is 27.7 Å². The van der Waals surface area contributed by atoms with Crippen molar-refractivity contribution in [1.82, 2.24) is 0 Å². The van der Waals surface area contributed by atoms with Gasteiger partial charge in [0.25, 0.3) is 0 Å². The molecule has 0 atom stereocenters. The van der Waals surface area contributed by atoms with Crippen molar-refractivity contribution in [2.75, 3.05) is 27.7 Å². The number of likely N-dealkylation sites (N-methyl/N-ethyl adjacent to an activating group) is 1. The molecule has 1 N–H and O–H groups in total. The Kier molecular flexibility index (Phi) is 4.66. The van der Waals surface area contributed by atoms with Crippen LogP contribution in [0, 0.1) is 0 Å². The molecular formula is C12H17ClNO+. The molecule has 3 heteroatoms. The minimum atomic E-state index is 0.791. The third-order valence-corrected chi connectivity index (χ3v) is 2.43. The van der Waals surface area contributed by atoms with Crippen LogP contribution in [0.4, 0.5) is 0 Å². The second-order valence-electron chi connectivity index (χ2n) is 3.69. The van der Waals surface area contributed by atoms with Crippen LogP contribution < -0.4 is 9.64 Å². The topological polar surface area (TPSA) is 13.7 Å². The zero-order chi connectivity index (χ0) is 11.3. The molecule has 0 aromatic heterocycles. The molecule has 1 aromatic carbocycles. The van der Waals surface area contributed by atoms with E-state index in [-0.39, 0.29) is 0 Å². The maximum absolute atomic E-state index is 6.15. The van der Waals surface area contributed by atoms with Crippen LogP contribution in [0.1, 0.15) is 5.56 Å². The Morgan fingerprint density at radius 1 is 1.33 bits per heavy atom. The summed E-state index contributed by atoms with van der Waals surface area (Å²) in [7, 11) is 5.84. The first-order valence-corrected chi connectivity index (χ1v) is 5.30. The summed E-state index contributed by atoms with van der Waals surface area (Å²) in [4.78, 5) is 1.35. The SMILES string of the molecule is COc1ccc(/C(Cl)=C/C[NH+](C)C)cc1. The quantitative estimate of drug-likeness (QED) is 0.820. The molecule has 0 heterocycles. The molecule has 15 heavy (non-hydrogen) atoms. The van der Waals surface area contributed by atoms with Crippen LogP contribution in [-0.2, 0) is 0 Å². The zero-order valence-corrected chi connectivity index (χ0v) is 10.1. The summed E-state index contributed by atoms with van der Waals surface area (Å²) in [5.74, 6) is 0.849. The fourth-order valence-electron chi connectivity index (χ4n) is 1.16. The van der Waals surface area contributed by atoms with E-state index in [0.29, 0.717) is 0 Å². The Hall–Kier alpha value is -0.990. The average molecular weight is 227 g/mol. The van der Waals surface area contributed by atoms with E-state index in [0.717, 1.165) is 22.9 Å². The van der Waals surface area contributed by atoms with Crippen LogP contribution in [0.3, 0.4) is 0 Å². The number of hydrogen-bond donors (Lipinski definition) is 1. The molecule has 0 aliphatic heterocycles. The van der Waals surface area contributed by atoms with E-state index in [9.17, 15) is 0 Å². The Morgan fingerprint density at radius 3 is 2.40 bits per heavy atom. The zero-order valence-electron chi connectivity index (χ0n) is 9.38.